The highest BCUT2D eigenvalue weighted by Gasteiger charge is 2.55. The van der Waals surface area contributed by atoms with E-state index in [9.17, 15) is 20.0 Å². The van der Waals surface area contributed by atoms with E-state index in [1.165, 1.54) is 6.07 Å². The summed E-state index contributed by atoms with van der Waals surface area (Å²) in [7, 11) is 0. The average molecular weight is 364 g/mol. The molecule has 3 aliphatic rings. The first kappa shape index (κ1) is 16.3. The van der Waals surface area contributed by atoms with E-state index in [1.54, 1.807) is 12.1 Å². The monoisotopic (exact) mass is 364 g/mol. The lowest BCUT2D eigenvalue weighted by Gasteiger charge is -2.43. The lowest BCUT2D eigenvalue weighted by molar-refractivity contribution is -0.385. The highest BCUT2D eigenvalue weighted by molar-refractivity contribution is 5.95. The molecule has 6 heteroatoms. The fourth-order valence-corrected chi connectivity index (χ4v) is 5.92. The van der Waals surface area contributed by atoms with Gasteiger partial charge in [-0.25, -0.2) is 4.79 Å². The van der Waals surface area contributed by atoms with Crippen molar-refractivity contribution in [2.24, 2.45) is 17.8 Å². The van der Waals surface area contributed by atoms with Gasteiger partial charge in [-0.2, -0.15) is 0 Å². The van der Waals surface area contributed by atoms with Crippen LogP contribution in [0.15, 0.2) is 42.5 Å². The molecule has 2 fully saturated rings. The van der Waals surface area contributed by atoms with Gasteiger partial charge in [0.1, 0.15) is 0 Å². The van der Waals surface area contributed by atoms with Crippen molar-refractivity contribution >= 4 is 17.3 Å². The predicted molar refractivity (Wildman–Crippen MR) is 99.9 cm³/mol. The van der Waals surface area contributed by atoms with E-state index in [2.05, 4.69) is 5.32 Å². The Bertz CT molecular complexity index is 957. The number of para-hydroxylation sites is 2. The van der Waals surface area contributed by atoms with Crippen LogP contribution < -0.4 is 5.32 Å². The van der Waals surface area contributed by atoms with Crippen molar-refractivity contribution in [3.8, 4) is 0 Å². The molecule has 2 aromatic rings. The Kier molecular flexibility index (Phi) is 3.50. The van der Waals surface area contributed by atoms with Gasteiger partial charge in [0.2, 0.25) is 0 Å². The number of carbonyl (C=O) groups is 1. The number of aromatic carboxylic acids is 1. The maximum Gasteiger partial charge on any atom is 0.337 e. The summed E-state index contributed by atoms with van der Waals surface area (Å²) in [5.74, 6) is 0.627. The molecule has 2 saturated carbocycles. The third-order valence-electron chi connectivity index (χ3n) is 6.82. The molecule has 138 valence electrons. The van der Waals surface area contributed by atoms with Gasteiger partial charge in [0.15, 0.2) is 0 Å². The number of nitrogens with one attached hydrogen (secondary N) is 1. The van der Waals surface area contributed by atoms with Gasteiger partial charge in [-0.1, -0.05) is 30.3 Å². The highest BCUT2D eigenvalue weighted by atomic mass is 16.6. The first-order valence-electron chi connectivity index (χ1n) is 9.42. The van der Waals surface area contributed by atoms with Gasteiger partial charge in [0, 0.05) is 6.07 Å². The third kappa shape index (κ3) is 2.29. The van der Waals surface area contributed by atoms with E-state index < -0.39 is 5.97 Å². The summed E-state index contributed by atoms with van der Waals surface area (Å²) in [6.45, 7) is 0. The maximum atomic E-state index is 11.8. The Morgan fingerprint density at radius 2 is 1.81 bits per heavy atom. The van der Waals surface area contributed by atoms with Gasteiger partial charge < -0.3 is 10.4 Å². The summed E-state index contributed by atoms with van der Waals surface area (Å²) in [5.41, 5.74) is 2.73. The molecule has 0 radical (unpaired) electrons. The summed E-state index contributed by atoms with van der Waals surface area (Å²) < 4.78 is 0. The molecule has 2 aromatic carbocycles. The Morgan fingerprint density at radius 1 is 1.07 bits per heavy atom. The van der Waals surface area contributed by atoms with Gasteiger partial charge in [-0.05, 0) is 54.6 Å². The molecular formula is C21H20N2O4. The SMILES string of the molecule is O=C(O)c1cccc2c1N[C@H](c1ccccc1[N+](=O)[O-])[C@H]1[C@H]3CC[C@@H](C3)[C@@H]21. The molecule has 5 atom stereocenters. The van der Waals surface area contributed by atoms with E-state index in [4.69, 9.17) is 0 Å². The Balaban J connectivity index is 1.71. The number of anilines is 1. The number of nitro benzene ring substituents is 1. The largest absolute Gasteiger partial charge is 0.478 e. The number of nitro groups is 1. The lowest BCUT2D eigenvalue weighted by Crippen LogP contribution is -2.36. The predicted octanol–water partition coefficient (Wildman–Crippen LogP) is 4.59. The fraction of sp³-hybridized carbons (Fsp3) is 0.381. The molecule has 0 aromatic heterocycles. The van der Waals surface area contributed by atoms with Crippen LogP contribution in [0.2, 0.25) is 0 Å². The van der Waals surface area contributed by atoms with Gasteiger partial charge in [0.25, 0.3) is 5.69 Å². The zero-order valence-electron chi connectivity index (χ0n) is 14.7. The number of rotatable bonds is 3. The number of carboxylic acids is 1. The zero-order valence-corrected chi connectivity index (χ0v) is 14.7. The van der Waals surface area contributed by atoms with Crippen LogP contribution in [0.25, 0.3) is 0 Å². The summed E-state index contributed by atoms with van der Waals surface area (Å²) in [6, 6.07) is 12.1. The third-order valence-corrected chi connectivity index (χ3v) is 6.82. The molecule has 0 spiro atoms. The minimum absolute atomic E-state index is 0.104. The summed E-state index contributed by atoms with van der Waals surface area (Å²) in [6.07, 6.45) is 3.44. The number of nitrogens with zero attached hydrogens (tertiary/aromatic N) is 1. The number of benzene rings is 2. The molecule has 27 heavy (non-hydrogen) atoms. The maximum absolute atomic E-state index is 11.8. The first-order valence-corrected chi connectivity index (χ1v) is 9.42. The minimum Gasteiger partial charge on any atom is -0.478 e. The molecule has 1 aliphatic heterocycles. The Morgan fingerprint density at radius 3 is 2.59 bits per heavy atom. The van der Waals surface area contributed by atoms with E-state index in [0.717, 1.165) is 24.8 Å². The minimum atomic E-state index is -0.970. The van der Waals surface area contributed by atoms with E-state index in [1.807, 2.05) is 24.3 Å². The normalized spacial score (nSPS) is 30.3. The van der Waals surface area contributed by atoms with Crippen LogP contribution in [0.5, 0.6) is 0 Å². The zero-order chi connectivity index (χ0) is 18.7. The van der Waals surface area contributed by atoms with Crippen molar-refractivity contribution in [3.63, 3.8) is 0 Å². The second kappa shape index (κ2) is 5.81. The molecule has 0 amide bonds. The molecule has 2 N–H and O–H groups in total. The average Bonchev–Trinajstić information content (AvgIpc) is 3.29. The van der Waals surface area contributed by atoms with Crippen LogP contribution in [0, 0.1) is 27.9 Å². The number of hydrogen-bond acceptors (Lipinski definition) is 4. The van der Waals surface area contributed by atoms with Crippen molar-refractivity contribution in [1.82, 2.24) is 0 Å². The van der Waals surface area contributed by atoms with Crippen LogP contribution in [0.3, 0.4) is 0 Å². The number of fused-ring (bicyclic) bond motifs is 7. The highest BCUT2D eigenvalue weighted by Crippen LogP contribution is 2.64. The van der Waals surface area contributed by atoms with E-state index >= 15 is 0 Å². The van der Waals surface area contributed by atoms with Crippen molar-refractivity contribution < 1.29 is 14.8 Å². The molecule has 0 unspecified atom stereocenters. The number of hydrogen-bond donors (Lipinski definition) is 2. The standard InChI is InChI=1S/C21H20N2O4/c24-21(25)15-6-3-5-14-17-11-8-9-12(10-11)18(17)20(22-19(14)15)13-4-1-2-7-16(13)23(26)27/h1-7,11-12,17-18,20,22H,8-10H2,(H,24,25)/t11-,12-,17-,18-,20+/m0/s1. The van der Waals surface area contributed by atoms with Crippen LogP contribution in [0.4, 0.5) is 11.4 Å². The van der Waals surface area contributed by atoms with Gasteiger partial charge in [-0.15, -0.1) is 0 Å². The smallest absolute Gasteiger partial charge is 0.337 e. The van der Waals surface area contributed by atoms with E-state index in [-0.39, 0.29) is 34.1 Å². The molecule has 5 rings (SSSR count). The molecule has 6 nitrogen and oxygen atoms in total. The Labute approximate surface area is 156 Å². The summed E-state index contributed by atoms with van der Waals surface area (Å²) in [5, 5.41) is 24.7. The van der Waals surface area contributed by atoms with Gasteiger partial charge in [0.05, 0.1) is 27.8 Å². The van der Waals surface area contributed by atoms with Gasteiger partial charge in [-0.3, -0.25) is 10.1 Å². The summed E-state index contributed by atoms with van der Waals surface area (Å²) >= 11 is 0. The van der Waals surface area contributed by atoms with Crippen LogP contribution in [-0.4, -0.2) is 16.0 Å². The first-order chi connectivity index (χ1) is 13.1. The van der Waals surface area contributed by atoms with Crippen molar-refractivity contribution in [3.05, 3.63) is 69.3 Å². The second-order valence-corrected chi connectivity index (χ2v) is 7.95. The van der Waals surface area contributed by atoms with Crippen molar-refractivity contribution in [2.75, 3.05) is 5.32 Å². The van der Waals surface area contributed by atoms with E-state index in [0.29, 0.717) is 23.1 Å². The lowest BCUT2D eigenvalue weighted by atomic mass is 9.67. The van der Waals surface area contributed by atoms with Crippen LogP contribution >= 0.6 is 0 Å². The topological polar surface area (TPSA) is 92.5 Å². The van der Waals surface area contributed by atoms with Crippen molar-refractivity contribution in [1.29, 1.82) is 0 Å². The number of carboxylic acid groups (broad SMARTS) is 1. The molecule has 2 bridgehead atoms. The summed E-state index contributed by atoms with van der Waals surface area (Å²) in [4.78, 5) is 23.1. The Hall–Kier alpha value is -2.89. The van der Waals surface area contributed by atoms with Crippen molar-refractivity contribution in [2.45, 2.75) is 31.2 Å². The molecule has 0 saturated heterocycles. The quantitative estimate of drug-likeness (QED) is 0.614. The second-order valence-electron chi connectivity index (χ2n) is 7.95. The van der Waals surface area contributed by atoms with Gasteiger partial charge >= 0.3 is 5.97 Å². The molecular weight excluding hydrogens is 344 g/mol. The van der Waals surface area contributed by atoms with Crippen LogP contribution in [0.1, 0.15) is 52.7 Å². The van der Waals surface area contributed by atoms with Crippen LogP contribution in [-0.2, 0) is 0 Å². The fourth-order valence-electron chi connectivity index (χ4n) is 5.92. The molecule has 2 aliphatic carbocycles. The molecule has 1 heterocycles.